The van der Waals surface area contributed by atoms with Gasteiger partial charge in [0.1, 0.15) is 18.5 Å². The number of nitrogens with one attached hydrogen (secondary N) is 1. The van der Waals surface area contributed by atoms with Gasteiger partial charge in [-0.2, -0.15) is 0 Å². The van der Waals surface area contributed by atoms with Gasteiger partial charge in [-0.05, 0) is 56.4 Å². The number of hydrogen-bond donors (Lipinski definition) is 2. The molecule has 0 aliphatic heterocycles. The molecule has 0 saturated carbocycles. The number of rotatable bonds is 8. The lowest BCUT2D eigenvalue weighted by Crippen LogP contribution is -2.35. The van der Waals surface area contributed by atoms with Crippen molar-refractivity contribution in [1.82, 2.24) is 10.2 Å². The standard InChI is InChI=1S/C20H26N2O3/c1-15-5-4-6-19(11-15)25-14-18(23)12-21-20(24)17-9-7-16(8-10-17)13-22(2)3/h4-11,18,23H,12-14H2,1-3H3,(H,21,24). The molecule has 0 spiro atoms. The monoisotopic (exact) mass is 342 g/mol. The van der Waals surface area contributed by atoms with Crippen LogP contribution in [0.4, 0.5) is 0 Å². The van der Waals surface area contributed by atoms with E-state index in [0.717, 1.165) is 17.7 Å². The predicted octanol–water partition coefficient (Wildman–Crippen LogP) is 2.23. The van der Waals surface area contributed by atoms with E-state index in [1.165, 1.54) is 0 Å². The van der Waals surface area contributed by atoms with E-state index < -0.39 is 6.10 Å². The van der Waals surface area contributed by atoms with Crippen LogP contribution in [-0.2, 0) is 6.54 Å². The third kappa shape index (κ3) is 6.57. The molecule has 0 fully saturated rings. The molecule has 1 unspecified atom stereocenters. The zero-order valence-electron chi connectivity index (χ0n) is 15.0. The van der Waals surface area contributed by atoms with Gasteiger partial charge in [-0.1, -0.05) is 24.3 Å². The molecule has 0 aliphatic carbocycles. The largest absolute Gasteiger partial charge is 0.491 e. The predicted molar refractivity (Wildman–Crippen MR) is 98.8 cm³/mol. The number of carbonyl (C=O) groups is 1. The number of aliphatic hydroxyl groups is 1. The summed E-state index contributed by atoms with van der Waals surface area (Å²) in [5.74, 6) is 0.507. The fraction of sp³-hybridized carbons (Fsp3) is 0.350. The first-order valence-electron chi connectivity index (χ1n) is 8.33. The average molecular weight is 342 g/mol. The van der Waals surface area contributed by atoms with Crippen molar-refractivity contribution in [3.05, 3.63) is 65.2 Å². The van der Waals surface area contributed by atoms with Crippen molar-refractivity contribution >= 4 is 5.91 Å². The van der Waals surface area contributed by atoms with Crippen LogP contribution in [0.15, 0.2) is 48.5 Å². The van der Waals surface area contributed by atoms with Gasteiger partial charge in [0, 0.05) is 18.7 Å². The Labute approximate surface area is 149 Å². The van der Waals surface area contributed by atoms with E-state index in [1.807, 2.05) is 57.4 Å². The molecule has 25 heavy (non-hydrogen) atoms. The highest BCUT2D eigenvalue weighted by Crippen LogP contribution is 2.12. The van der Waals surface area contributed by atoms with Crippen molar-refractivity contribution < 1.29 is 14.6 Å². The van der Waals surface area contributed by atoms with Gasteiger partial charge in [-0.25, -0.2) is 0 Å². The van der Waals surface area contributed by atoms with Crippen LogP contribution in [-0.4, -0.2) is 49.3 Å². The van der Waals surface area contributed by atoms with Crippen molar-refractivity contribution in [2.45, 2.75) is 19.6 Å². The van der Waals surface area contributed by atoms with Gasteiger partial charge in [0.2, 0.25) is 0 Å². The zero-order valence-corrected chi connectivity index (χ0v) is 15.0. The zero-order chi connectivity index (χ0) is 18.2. The molecular formula is C20H26N2O3. The fourth-order valence-electron chi connectivity index (χ4n) is 2.40. The summed E-state index contributed by atoms with van der Waals surface area (Å²) in [4.78, 5) is 14.2. The second kappa shape index (κ2) is 9.20. The molecule has 2 aromatic rings. The van der Waals surface area contributed by atoms with Gasteiger partial charge in [-0.3, -0.25) is 4.79 Å². The second-order valence-corrected chi connectivity index (χ2v) is 6.43. The average Bonchev–Trinajstić information content (AvgIpc) is 2.58. The number of benzene rings is 2. The summed E-state index contributed by atoms with van der Waals surface area (Å²) in [6.45, 7) is 3.08. The SMILES string of the molecule is Cc1cccc(OCC(O)CNC(=O)c2ccc(CN(C)C)cc2)c1. The smallest absolute Gasteiger partial charge is 0.251 e. The number of ether oxygens (including phenoxy) is 1. The Morgan fingerprint density at radius 2 is 1.92 bits per heavy atom. The normalized spacial score (nSPS) is 12.0. The van der Waals surface area contributed by atoms with Crippen molar-refractivity contribution in [3.63, 3.8) is 0 Å². The van der Waals surface area contributed by atoms with Crippen LogP contribution in [0.25, 0.3) is 0 Å². The molecule has 1 atom stereocenters. The van der Waals surface area contributed by atoms with Gasteiger partial charge in [0.05, 0.1) is 0 Å². The van der Waals surface area contributed by atoms with Gasteiger partial charge < -0.3 is 20.1 Å². The maximum Gasteiger partial charge on any atom is 0.251 e. The van der Waals surface area contributed by atoms with Crippen molar-refractivity contribution in [1.29, 1.82) is 0 Å². The highest BCUT2D eigenvalue weighted by Gasteiger charge is 2.10. The first-order chi connectivity index (χ1) is 11.9. The van der Waals surface area contributed by atoms with Crippen molar-refractivity contribution in [2.75, 3.05) is 27.2 Å². The Kier molecular flexibility index (Phi) is 6.98. The van der Waals surface area contributed by atoms with E-state index in [9.17, 15) is 9.90 Å². The van der Waals surface area contributed by atoms with Gasteiger partial charge in [-0.15, -0.1) is 0 Å². The van der Waals surface area contributed by atoms with E-state index in [4.69, 9.17) is 4.74 Å². The molecule has 1 amide bonds. The number of aryl methyl sites for hydroxylation is 1. The van der Waals surface area contributed by atoms with Crippen LogP contribution < -0.4 is 10.1 Å². The molecule has 2 rings (SSSR count). The Hall–Kier alpha value is -2.37. The van der Waals surface area contributed by atoms with Crippen molar-refractivity contribution in [2.24, 2.45) is 0 Å². The summed E-state index contributed by atoms with van der Waals surface area (Å²) in [7, 11) is 4.00. The van der Waals surface area contributed by atoms with Crippen LogP contribution >= 0.6 is 0 Å². The summed E-state index contributed by atoms with van der Waals surface area (Å²) in [5, 5.41) is 12.7. The minimum absolute atomic E-state index is 0.130. The van der Waals surface area contributed by atoms with E-state index in [-0.39, 0.29) is 19.1 Å². The number of carbonyl (C=O) groups excluding carboxylic acids is 1. The van der Waals surface area contributed by atoms with Gasteiger partial charge in [0.25, 0.3) is 5.91 Å². The van der Waals surface area contributed by atoms with Crippen LogP contribution in [0.3, 0.4) is 0 Å². The van der Waals surface area contributed by atoms with Crippen LogP contribution in [0.2, 0.25) is 0 Å². The molecule has 134 valence electrons. The lowest BCUT2D eigenvalue weighted by Gasteiger charge is -2.14. The topological polar surface area (TPSA) is 61.8 Å². The molecule has 0 aliphatic rings. The Balaban J connectivity index is 1.76. The van der Waals surface area contributed by atoms with Gasteiger partial charge >= 0.3 is 0 Å². The van der Waals surface area contributed by atoms with Crippen LogP contribution in [0.5, 0.6) is 5.75 Å². The summed E-state index contributed by atoms with van der Waals surface area (Å²) >= 11 is 0. The maximum atomic E-state index is 12.1. The molecule has 5 nitrogen and oxygen atoms in total. The van der Waals surface area contributed by atoms with E-state index in [2.05, 4.69) is 10.2 Å². The molecule has 0 radical (unpaired) electrons. The lowest BCUT2D eigenvalue weighted by atomic mass is 10.1. The summed E-state index contributed by atoms with van der Waals surface area (Å²) in [6, 6.07) is 15.1. The van der Waals surface area contributed by atoms with E-state index in [1.54, 1.807) is 12.1 Å². The third-order valence-corrected chi connectivity index (χ3v) is 3.65. The lowest BCUT2D eigenvalue weighted by molar-refractivity contribution is 0.0843. The number of hydrogen-bond acceptors (Lipinski definition) is 4. The minimum atomic E-state index is -0.766. The fourth-order valence-corrected chi connectivity index (χ4v) is 2.40. The Morgan fingerprint density at radius 1 is 1.20 bits per heavy atom. The molecule has 0 saturated heterocycles. The summed E-state index contributed by atoms with van der Waals surface area (Å²) in [6.07, 6.45) is -0.766. The second-order valence-electron chi connectivity index (χ2n) is 6.43. The number of aliphatic hydroxyl groups excluding tert-OH is 1. The molecule has 5 heteroatoms. The highest BCUT2D eigenvalue weighted by molar-refractivity contribution is 5.94. The minimum Gasteiger partial charge on any atom is -0.491 e. The van der Waals surface area contributed by atoms with Crippen molar-refractivity contribution in [3.8, 4) is 5.75 Å². The molecule has 2 N–H and O–H groups in total. The first-order valence-corrected chi connectivity index (χ1v) is 8.33. The van der Waals surface area contributed by atoms with Crippen LogP contribution in [0.1, 0.15) is 21.5 Å². The maximum absolute atomic E-state index is 12.1. The molecular weight excluding hydrogens is 316 g/mol. The first kappa shape index (κ1) is 19.0. The van der Waals surface area contributed by atoms with Crippen LogP contribution in [0, 0.1) is 6.92 Å². The highest BCUT2D eigenvalue weighted by atomic mass is 16.5. The Bertz CT molecular complexity index is 684. The Morgan fingerprint density at radius 3 is 2.56 bits per heavy atom. The van der Waals surface area contributed by atoms with E-state index >= 15 is 0 Å². The molecule has 0 aromatic heterocycles. The molecule has 0 heterocycles. The quantitative estimate of drug-likeness (QED) is 0.772. The molecule has 2 aromatic carbocycles. The van der Waals surface area contributed by atoms with E-state index in [0.29, 0.717) is 11.3 Å². The third-order valence-electron chi connectivity index (χ3n) is 3.65. The summed E-state index contributed by atoms with van der Waals surface area (Å²) < 4.78 is 5.53. The summed E-state index contributed by atoms with van der Waals surface area (Å²) in [5.41, 5.74) is 2.82. The number of nitrogens with zero attached hydrogens (tertiary/aromatic N) is 1. The number of amides is 1. The molecule has 0 bridgehead atoms. The van der Waals surface area contributed by atoms with Gasteiger partial charge in [0.15, 0.2) is 0 Å².